The van der Waals surface area contributed by atoms with E-state index in [1.54, 1.807) is 0 Å². The highest BCUT2D eigenvalue weighted by Gasteiger charge is 3.08. The molecule has 23 heavy (non-hydrogen) atoms. The summed E-state index contributed by atoms with van der Waals surface area (Å²) in [5.74, 6) is -2.96. The number of carbonyl (C=O) groups excluding carboxylic acids is 2. The highest BCUT2D eigenvalue weighted by molar-refractivity contribution is 5.81. The first-order valence-electron chi connectivity index (χ1n) is 7.11. The molecular weight excluding hydrogens is 300 g/mol. The van der Waals surface area contributed by atoms with Crippen LogP contribution in [0.2, 0.25) is 0 Å². The molecule has 2 aromatic rings. The molecule has 0 amide bonds. The van der Waals surface area contributed by atoms with Gasteiger partial charge in [-0.15, -0.1) is 0 Å². The van der Waals surface area contributed by atoms with E-state index in [0.29, 0.717) is 0 Å². The van der Waals surface area contributed by atoms with Crippen molar-refractivity contribution in [2.45, 2.75) is 17.0 Å². The lowest BCUT2D eigenvalue weighted by Crippen LogP contribution is -2.53. The lowest BCUT2D eigenvalue weighted by molar-refractivity contribution is -0.321. The summed E-state index contributed by atoms with van der Waals surface area (Å²) in [5, 5.41) is 0. The molecule has 6 heteroatoms. The van der Waals surface area contributed by atoms with E-state index in [0.717, 1.165) is 11.1 Å². The first kappa shape index (κ1) is 12.5. The Bertz CT molecular complexity index is 741. The first-order chi connectivity index (χ1) is 11.2. The second-order valence-corrected chi connectivity index (χ2v) is 5.62. The molecule has 5 rings (SSSR count). The second-order valence-electron chi connectivity index (χ2n) is 5.62. The zero-order chi connectivity index (χ0) is 15.7. The third kappa shape index (κ3) is 1.12. The molecule has 0 aromatic heterocycles. The van der Waals surface area contributed by atoms with Crippen LogP contribution in [0.15, 0.2) is 60.7 Å². The average molecular weight is 310 g/mol. The predicted molar refractivity (Wildman–Crippen MR) is 74.3 cm³/mol. The summed E-state index contributed by atoms with van der Waals surface area (Å²) >= 11 is 0. The van der Waals surface area contributed by atoms with Crippen molar-refractivity contribution in [3.05, 3.63) is 71.8 Å². The smallest absolute Gasteiger partial charge is 0.381 e. The summed E-state index contributed by atoms with van der Waals surface area (Å²) in [6.07, 6.45) is -1.63. The van der Waals surface area contributed by atoms with Crippen molar-refractivity contribution < 1.29 is 28.5 Å². The third-order valence-electron chi connectivity index (χ3n) is 4.68. The molecule has 3 fully saturated rings. The van der Waals surface area contributed by atoms with Gasteiger partial charge >= 0.3 is 23.9 Å². The number of benzene rings is 2. The van der Waals surface area contributed by atoms with Crippen LogP contribution >= 0.6 is 0 Å². The molecular formula is C17H10O6. The van der Waals surface area contributed by atoms with Gasteiger partial charge in [0.1, 0.15) is 0 Å². The van der Waals surface area contributed by atoms with Crippen molar-refractivity contribution >= 4 is 12.3 Å². The molecule has 6 nitrogen and oxygen atoms in total. The Labute approximate surface area is 130 Å². The minimum Gasteiger partial charge on any atom is -0.381 e. The molecule has 3 aliphatic rings. The molecule has 2 heterocycles. The summed E-state index contributed by atoms with van der Waals surface area (Å²) in [5.41, 5.74) is 0.488. The van der Waals surface area contributed by atoms with Gasteiger partial charge in [-0.1, -0.05) is 60.7 Å². The molecule has 2 aliphatic heterocycles. The highest BCUT2D eigenvalue weighted by Crippen LogP contribution is 2.79. The van der Waals surface area contributed by atoms with Crippen LogP contribution in [0, 0.1) is 0 Å². The maximum atomic E-state index is 11.4. The predicted octanol–water partition coefficient (Wildman–Crippen LogP) is 2.71. The van der Waals surface area contributed by atoms with Gasteiger partial charge in [0, 0.05) is 0 Å². The summed E-state index contributed by atoms with van der Waals surface area (Å²) in [7, 11) is 0. The van der Waals surface area contributed by atoms with Gasteiger partial charge in [-0.05, 0) is 11.1 Å². The molecule has 0 radical (unpaired) electrons. The van der Waals surface area contributed by atoms with Crippen molar-refractivity contribution in [1.82, 2.24) is 0 Å². The van der Waals surface area contributed by atoms with Crippen LogP contribution in [-0.2, 0) is 24.4 Å². The Morgan fingerprint density at radius 2 is 0.913 bits per heavy atom. The fourth-order valence-electron chi connectivity index (χ4n) is 3.81. The Morgan fingerprint density at radius 1 is 0.565 bits per heavy atom. The molecule has 114 valence electrons. The minimum absolute atomic E-state index is 0.770. The fraction of sp³-hybridized carbons (Fsp3) is 0.176. The standard InChI is InChI=1S/C17H10O6/c18-13-20-16(21-13)15(11-7-3-1-4-8-11,12-9-5-2-6-10-12)17(16)22-14(19)23-17/h1-10H. The number of carbonyl (C=O) groups is 2. The third-order valence-corrected chi connectivity index (χ3v) is 4.68. The van der Waals surface area contributed by atoms with Gasteiger partial charge < -0.3 is 18.9 Å². The molecule has 0 N–H and O–H groups in total. The van der Waals surface area contributed by atoms with Gasteiger partial charge in [-0.25, -0.2) is 9.59 Å². The summed E-state index contributed by atoms with van der Waals surface area (Å²) in [6.45, 7) is 0. The van der Waals surface area contributed by atoms with Crippen LogP contribution in [-0.4, -0.2) is 23.9 Å². The van der Waals surface area contributed by atoms with E-state index in [-0.39, 0.29) is 0 Å². The van der Waals surface area contributed by atoms with Crippen LogP contribution < -0.4 is 0 Å². The lowest BCUT2D eigenvalue weighted by atomic mass is 9.85. The van der Waals surface area contributed by atoms with Crippen molar-refractivity contribution in [3.8, 4) is 0 Å². The Morgan fingerprint density at radius 3 is 1.22 bits per heavy atom. The topological polar surface area (TPSA) is 71.1 Å². The number of rotatable bonds is 2. The van der Waals surface area contributed by atoms with Crippen molar-refractivity contribution in [2.75, 3.05) is 0 Å². The van der Waals surface area contributed by atoms with Crippen molar-refractivity contribution in [3.63, 3.8) is 0 Å². The maximum absolute atomic E-state index is 11.4. The Hall–Kier alpha value is -3.02. The van der Waals surface area contributed by atoms with E-state index >= 15 is 0 Å². The van der Waals surface area contributed by atoms with Gasteiger partial charge in [0.15, 0.2) is 5.41 Å². The van der Waals surface area contributed by atoms with Crippen LogP contribution in [0.3, 0.4) is 0 Å². The Kier molecular flexibility index (Phi) is 1.99. The van der Waals surface area contributed by atoms with E-state index in [1.807, 2.05) is 60.7 Å². The van der Waals surface area contributed by atoms with Gasteiger partial charge in [-0.3, -0.25) is 0 Å². The van der Waals surface area contributed by atoms with Gasteiger partial charge in [0.2, 0.25) is 0 Å². The van der Waals surface area contributed by atoms with Crippen LogP contribution in [0.4, 0.5) is 9.59 Å². The van der Waals surface area contributed by atoms with E-state index in [9.17, 15) is 9.59 Å². The summed E-state index contributed by atoms with van der Waals surface area (Å²) < 4.78 is 21.2. The monoisotopic (exact) mass is 310 g/mol. The normalized spacial score (nSPS) is 23.7. The molecule has 1 aliphatic carbocycles. The van der Waals surface area contributed by atoms with E-state index in [1.165, 1.54) is 0 Å². The second kappa shape index (κ2) is 3.65. The molecule has 2 saturated heterocycles. The fourth-order valence-corrected chi connectivity index (χ4v) is 3.81. The Balaban J connectivity index is 1.77. The minimum atomic E-state index is -1.48. The SMILES string of the molecule is O=C1OC2(O1)C1(OC(=O)O1)C2(c1ccccc1)c1ccccc1. The number of hydrogen-bond acceptors (Lipinski definition) is 6. The van der Waals surface area contributed by atoms with Crippen LogP contribution in [0.5, 0.6) is 0 Å². The zero-order valence-corrected chi connectivity index (χ0v) is 11.7. The van der Waals surface area contributed by atoms with Crippen LogP contribution in [0.25, 0.3) is 0 Å². The summed E-state index contributed by atoms with van der Waals surface area (Å²) in [6, 6.07) is 18.5. The quantitative estimate of drug-likeness (QED) is 0.794. The average Bonchev–Trinajstić information content (AvgIpc) is 3.08. The van der Waals surface area contributed by atoms with Gasteiger partial charge in [-0.2, -0.15) is 0 Å². The van der Waals surface area contributed by atoms with Crippen molar-refractivity contribution in [1.29, 1.82) is 0 Å². The van der Waals surface area contributed by atoms with E-state index in [2.05, 4.69) is 0 Å². The van der Waals surface area contributed by atoms with E-state index < -0.39 is 29.3 Å². The molecule has 2 spiro atoms. The van der Waals surface area contributed by atoms with Crippen molar-refractivity contribution in [2.24, 2.45) is 0 Å². The highest BCUT2D eigenvalue weighted by atomic mass is 17.0. The number of fused-ring (bicyclic) bond motifs is 1. The summed E-state index contributed by atoms with van der Waals surface area (Å²) in [4.78, 5) is 22.7. The van der Waals surface area contributed by atoms with Gasteiger partial charge in [0.25, 0.3) is 0 Å². The first-order valence-corrected chi connectivity index (χ1v) is 7.11. The lowest BCUT2D eigenvalue weighted by Gasteiger charge is -2.33. The molecule has 2 aromatic carbocycles. The number of ether oxygens (including phenoxy) is 4. The molecule has 0 atom stereocenters. The maximum Gasteiger partial charge on any atom is 0.515 e. The van der Waals surface area contributed by atoms with Crippen LogP contribution in [0.1, 0.15) is 11.1 Å². The number of hydrogen-bond donors (Lipinski definition) is 0. The zero-order valence-electron chi connectivity index (χ0n) is 11.7. The van der Waals surface area contributed by atoms with E-state index in [4.69, 9.17) is 18.9 Å². The molecule has 1 saturated carbocycles. The largest absolute Gasteiger partial charge is 0.515 e. The molecule has 0 bridgehead atoms. The molecule has 0 unspecified atom stereocenters. The van der Waals surface area contributed by atoms with Gasteiger partial charge in [0.05, 0.1) is 0 Å².